The number of carbonyl (C=O) groups is 4. The molecule has 0 saturated carbocycles. The highest BCUT2D eigenvalue weighted by Crippen LogP contribution is 2.15. The molecule has 2 aromatic carbocycles. The van der Waals surface area contributed by atoms with Crippen LogP contribution in [0.25, 0.3) is 0 Å². The van der Waals surface area contributed by atoms with Crippen LogP contribution in [0, 0.1) is 0 Å². The number of methoxy groups -OCH3 is 1. The van der Waals surface area contributed by atoms with Crippen molar-refractivity contribution in [3.8, 4) is 11.5 Å². The zero-order valence-corrected chi connectivity index (χ0v) is 16.6. The van der Waals surface area contributed by atoms with Crippen molar-refractivity contribution in [1.29, 1.82) is 0 Å². The van der Waals surface area contributed by atoms with E-state index in [-0.39, 0.29) is 18.8 Å². The Balaban J connectivity index is 1.64. The number of ketones is 1. The first-order valence-electron chi connectivity index (χ1n) is 9.01. The second-order valence-electron chi connectivity index (χ2n) is 6.07. The summed E-state index contributed by atoms with van der Waals surface area (Å²) < 4.78 is 15.2. The Morgan fingerprint density at radius 3 is 2.13 bits per heavy atom. The molecule has 30 heavy (non-hydrogen) atoms. The van der Waals surface area contributed by atoms with E-state index < -0.39 is 24.5 Å². The second-order valence-corrected chi connectivity index (χ2v) is 6.07. The molecular weight excluding hydrogens is 392 g/mol. The molecule has 0 aliphatic heterocycles. The molecule has 0 bridgehead atoms. The molecule has 0 heterocycles. The van der Waals surface area contributed by atoms with Gasteiger partial charge in [-0.1, -0.05) is 0 Å². The molecule has 0 aromatic heterocycles. The van der Waals surface area contributed by atoms with Gasteiger partial charge in [-0.3, -0.25) is 19.7 Å². The van der Waals surface area contributed by atoms with Crippen LogP contribution in [-0.4, -0.2) is 44.0 Å². The zero-order chi connectivity index (χ0) is 21.9. The third-order valence-corrected chi connectivity index (χ3v) is 3.80. The molecule has 0 radical (unpaired) electrons. The summed E-state index contributed by atoms with van der Waals surface area (Å²) in [6.07, 6.45) is -0.0835. The minimum atomic E-state index is -0.768. The van der Waals surface area contributed by atoms with E-state index in [1.54, 1.807) is 48.5 Å². The fourth-order valence-corrected chi connectivity index (χ4v) is 2.26. The quantitative estimate of drug-likeness (QED) is 0.478. The van der Waals surface area contributed by atoms with Crippen molar-refractivity contribution >= 4 is 29.4 Å². The number of rotatable bonds is 9. The van der Waals surface area contributed by atoms with E-state index in [9.17, 15) is 19.2 Å². The number of hydrogen-bond donors (Lipinski definition) is 2. The first-order chi connectivity index (χ1) is 14.4. The Kier molecular flexibility index (Phi) is 8.37. The number of nitrogens with one attached hydrogen (secondary N) is 2. The number of anilines is 1. The first kappa shape index (κ1) is 22.4. The average molecular weight is 414 g/mol. The molecule has 0 fully saturated rings. The summed E-state index contributed by atoms with van der Waals surface area (Å²) in [7, 11) is 1.52. The van der Waals surface area contributed by atoms with Crippen LogP contribution < -0.4 is 20.1 Å². The SMILES string of the molecule is COc1ccc(NC(=O)NC(=O)COC(=O)CCOc2ccc(C(C)=O)cc2)cc1. The average Bonchev–Trinajstić information content (AvgIpc) is 2.73. The molecular formula is C21H22N2O7. The highest BCUT2D eigenvalue weighted by Gasteiger charge is 2.11. The standard InChI is InChI=1S/C21H22N2O7/c1-14(24)15-3-7-18(8-4-15)29-12-11-20(26)30-13-19(25)23-21(27)22-16-5-9-17(28-2)10-6-16/h3-10H,11-13H2,1-2H3,(H2,22,23,25,27). The number of amides is 3. The molecule has 158 valence electrons. The first-order valence-corrected chi connectivity index (χ1v) is 9.01. The maximum Gasteiger partial charge on any atom is 0.325 e. The van der Waals surface area contributed by atoms with Crippen molar-refractivity contribution in [3.63, 3.8) is 0 Å². The molecule has 2 N–H and O–H groups in total. The maximum atomic E-state index is 11.8. The minimum absolute atomic E-state index is 0.0395. The van der Waals surface area contributed by atoms with Crippen LogP contribution in [0.4, 0.5) is 10.5 Å². The van der Waals surface area contributed by atoms with Gasteiger partial charge in [-0.15, -0.1) is 0 Å². The lowest BCUT2D eigenvalue weighted by Gasteiger charge is -2.09. The van der Waals surface area contributed by atoms with Crippen LogP contribution in [0.3, 0.4) is 0 Å². The Hall–Kier alpha value is -3.88. The highest BCUT2D eigenvalue weighted by molar-refractivity contribution is 6.01. The molecule has 2 aromatic rings. The van der Waals surface area contributed by atoms with E-state index in [0.717, 1.165) is 0 Å². The summed E-state index contributed by atoms with van der Waals surface area (Å²) >= 11 is 0. The Labute approximate surface area is 173 Å². The lowest BCUT2D eigenvalue weighted by molar-refractivity contribution is -0.148. The van der Waals surface area contributed by atoms with Gasteiger partial charge in [0.05, 0.1) is 20.1 Å². The van der Waals surface area contributed by atoms with Gasteiger partial charge in [-0.2, -0.15) is 0 Å². The molecule has 0 spiro atoms. The lowest BCUT2D eigenvalue weighted by atomic mass is 10.1. The smallest absolute Gasteiger partial charge is 0.325 e. The van der Waals surface area contributed by atoms with Crippen LogP contribution >= 0.6 is 0 Å². The molecule has 0 saturated heterocycles. The molecule has 0 aliphatic carbocycles. The lowest BCUT2D eigenvalue weighted by Crippen LogP contribution is -2.37. The van der Waals surface area contributed by atoms with Crippen molar-refractivity contribution in [2.45, 2.75) is 13.3 Å². The van der Waals surface area contributed by atoms with Crippen LogP contribution in [0.1, 0.15) is 23.7 Å². The third-order valence-electron chi connectivity index (χ3n) is 3.80. The number of ether oxygens (including phenoxy) is 3. The van der Waals surface area contributed by atoms with E-state index in [4.69, 9.17) is 14.2 Å². The highest BCUT2D eigenvalue weighted by atomic mass is 16.5. The number of carbonyl (C=O) groups excluding carboxylic acids is 4. The van der Waals surface area contributed by atoms with Crippen LogP contribution in [0.5, 0.6) is 11.5 Å². The van der Waals surface area contributed by atoms with Gasteiger partial charge >= 0.3 is 12.0 Å². The number of urea groups is 1. The normalized spacial score (nSPS) is 9.93. The van der Waals surface area contributed by atoms with Gasteiger partial charge in [0, 0.05) is 11.3 Å². The molecule has 9 heteroatoms. The van der Waals surface area contributed by atoms with Crippen LogP contribution in [0.15, 0.2) is 48.5 Å². The van der Waals surface area contributed by atoms with E-state index in [2.05, 4.69) is 10.6 Å². The Morgan fingerprint density at radius 1 is 0.900 bits per heavy atom. The van der Waals surface area contributed by atoms with Crippen molar-refractivity contribution in [3.05, 3.63) is 54.1 Å². The minimum Gasteiger partial charge on any atom is -0.497 e. The summed E-state index contributed by atoms with van der Waals surface area (Å²) in [5.41, 5.74) is 1.02. The Morgan fingerprint density at radius 2 is 1.53 bits per heavy atom. The van der Waals surface area contributed by atoms with Gasteiger partial charge in [0.25, 0.3) is 5.91 Å². The molecule has 3 amide bonds. The third kappa shape index (κ3) is 7.63. The number of esters is 1. The summed E-state index contributed by atoms with van der Waals surface area (Å²) in [5.74, 6) is -0.348. The largest absolute Gasteiger partial charge is 0.497 e. The Bertz CT molecular complexity index is 893. The number of Topliss-reactive ketones (excluding diaryl/α,β-unsaturated/α-hetero) is 1. The molecule has 0 atom stereocenters. The molecule has 0 unspecified atom stereocenters. The molecule has 0 aliphatic rings. The predicted molar refractivity (Wildman–Crippen MR) is 108 cm³/mol. The number of imide groups is 1. The number of hydrogen-bond acceptors (Lipinski definition) is 7. The summed E-state index contributed by atoms with van der Waals surface area (Å²) in [6.45, 7) is 0.907. The van der Waals surface area contributed by atoms with E-state index in [1.807, 2.05) is 0 Å². The second kappa shape index (κ2) is 11.2. The van der Waals surface area contributed by atoms with Gasteiger partial charge in [0.15, 0.2) is 12.4 Å². The van der Waals surface area contributed by atoms with Gasteiger partial charge in [0.2, 0.25) is 0 Å². The number of benzene rings is 2. The predicted octanol–water partition coefficient (Wildman–Crippen LogP) is 2.56. The summed E-state index contributed by atoms with van der Waals surface area (Å²) in [6, 6.07) is 12.3. The van der Waals surface area contributed by atoms with Crippen LogP contribution in [0.2, 0.25) is 0 Å². The molecule has 9 nitrogen and oxygen atoms in total. The van der Waals surface area contributed by atoms with E-state index in [0.29, 0.717) is 22.7 Å². The van der Waals surface area contributed by atoms with Crippen molar-refractivity contribution in [2.24, 2.45) is 0 Å². The van der Waals surface area contributed by atoms with Crippen molar-refractivity contribution in [2.75, 3.05) is 25.6 Å². The van der Waals surface area contributed by atoms with Gasteiger partial charge in [-0.25, -0.2) is 4.79 Å². The maximum absolute atomic E-state index is 11.8. The van der Waals surface area contributed by atoms with Crippen molar-refractivity contribution in [1.82, 2.24) is 5.32 Å². The summed E-state index contributed by atoms with van der Waals surface area (Å²) in [4.78, 5) is 46.3. The van der Waals surface area contributed by atoms with Crippen LogP contribution in [-0.2, 0) is 14.3 Å². The fraction of sp³-hybridized carbons (Fsp3) is 0.238. The molecule has 2 rings (SSSR count). The monoisotopic (exact) mass is 414 g/mol. The van der Waals surface area contributed by atoms with Crippen molar-refractivity contribution < 1.29 is 33.4 Å². The van der Waals surface area contributed by atoms with E-state index >= 15 is 0 Å². The summed E-state index contributed by atoms with van der Waals surface area (Å²) in [5, 5.41) is 4.52. The van der Waals surface area contributed by atoms with E-state index in [1.165, 1.54) is 14.0 Å². The van der Waals surface area contributed by atoms with Gasteiger partial charge < -0.3 is 19.5 Å². The zero-order valence-electron chi connectivity index (χ0n) is 16.6. The van der Waals surface area contributed by atoms with Gasteiger partial charge in [-0.05, 0) is 55.5 Å². The fourth-order valence-electron chi connectivity index (χ4n) is 2.26. The van der Waals surface area contributed by atoms with Gasteiger partial charge in [0.1, 0.15) is 11.5 Å². The topological polar surface area (TPSA) is 120 Å².